The molecule has 0 bridgehead atoms. The van der Waals surface area contributed by atoms with E-state index < -0.39 is 27.2 Å². The molecule has 2 N–H and O–H groups in total. The van der Waals surface area contributed by atoms with Crippen LogP contribution in [0.25, 0.3) is 5.69 Å². The standard InChI is InChI=1S/C20H17N5O6/c1-12-9-14(13(2)23(12)18-6-4-3-5-16(18)20(26)27)11-21-22-17-8-7-15(24(28)29)10-19(17)25(30)31/h3-11,22H,1-2H3,(H,26,27)/b21-11-. The van der Waals surface area contributed by atoms with Gasteiger partial charge in [0.05, 0.1) is 33.4 Å². The molecule has 0 aliphatic heterocycles. The van der Waals surface area contributed by atoms with Gasteiger partial charge in [0.2, 0.25) is 0 Å². The van der Waals surface area contributed by atoms with Crippen molar-refractivity contribution in [2.24, 2.45) is 5.10 Å². The fraction of sp³-hybridized carbons (Fsp3) is 0.100. The molecule has 2 aromatic carbocycles. The van der Waals surface area contributed by atoms with Crippen LogP contribution in [0.4, 0.5) is 17.1 Å². The highest BCUT2D eigenvalue weighted by Crippen LogP contribution is 2.29. The lowest BCUT2D eigenvalue weighted by Crippen LogP contribution is -2.07. The molecule has 0 saturated carbocycles. The second-order valence-corrected chi connectivity index (χ2v) is 6.57. The number of para-hydroxylation sites is 1. The summed E-state index contributed by atoms with van der Waals surface area (Å²) in [6.45, 7) is 3.61. The van der Waals surface area contributed by atoms with E-state index in [1.807, 2.05) is 6.92 Å². The van der Waals surface area contributed by atoms with E-state index in [1.165, 1.54) is 18.3 Å². The zero-order valence-corrected chi connectivity index (χ0v) is 16.5. The molecule has 1 aromatic heterocycles. The van der Waals surface area contributed by atoms with E-state index in [1.54, 1.807) is 35.8 Å². The first kappa shape index (κ1) is 21.2. The molecule has 1 heterocycles. The number of hydrogen-bond donors (Lipinski definition) is 2. The smallest absolute Gasteiger partial charge is 0.337 e. The van der Waals surface area contributed by atoms with Gasteiger partial charge in [-0.3, -0.25) is 25.7 Å². The number of anilines is 1. The molecule has 0 amide bonds. The van der Waals surface area contributed by atoms with Crippen molar-refractivity contribution in [3.63, 3.8) is 0 Å². The van der Waals surface area contributed by atoms with Crippen molar-refractivity contribution >= 4 is 29.2 Å². The van der Waals surface area contributed by atoms with Gasteiger partial charge in [-0.2, -0.15) is 5.10 Å². The van der Waals surface area contributed by atoms with E-state index in [0.29, 0.717) is 11.3 Å². The van der Waals surface area contributed by atoms with Crippen LogP contribution in [-0.4, -0.2) is 31.7 Å². The Balaban J connectivity index is 1.92. The van der Waals surface area contributed by atoms with Gasteiger partial charge in [-0.25, -0.2) is 4.79 Å². The molecular formula is C20H17N5O6. The molecular weight excluding hydrogens is 406 g/mol. The lowest BCUT2D eigenvalue weighted by Gasteiger charge is -2.12. The minimum atomic E-state index is -1.05. The number of hydrazone groups is 1. The second-order valence-electron chi connectivity index (χ2n) is 6.57. The third kappa shape index (κ3) is 4.24. The fourth-order valence-electron chi connectivity index (χ4n) is 3.19. The number of nitro benzene ring substituents is 2. The normalized spacial score (nSPS) is 10.9. The number of hydrogen-bond acceptors (Lipinski definition) is 7. The van der Waals surface area contributed by atoms with Gasteiger partial charge in [-0.1, -0.05) is 12.1 Å². The van der Waals surface area contributed by atoms with Crippen molar-refractivity contribution in [1.82, 2.24) is 4.57 Å². The number of nitrogens with zero attached hydrogens (tertiary/aromatic N) is 4. The van der Waals surface area contributed by atoms with Crippen molar-refractivity contribution in [3.05, 3.63) is 91.3 Å². The Labute approximate surface area is 175 Å². The summed E-state index contributed by atoms with van der Waals surface area (Å²) in [6.07, 6.45) is 1.44. The molecule has 3 aromatic rings. The highest BCUT2D eigenvalue weighted by molar-refractivity contribution is 5.92. The van der Waals surface area contributed by atoms with E-state index in [4.69, 9.17) is 0 Å². The maximum Gasteiger partial charge on any atom is 0.337 e. The predicted molar refractivity (Wildman–Crippen MR) is 113 cm³/mol. The number of carboxylic acid groups (broad SMARTS) is 1. The maximum absolute atomic E-state index is 11.6. The molecule has 0 saturated heterocycles. The third-order valence-electron chi connectivity index (χ3n) is 4.62. The monoisotopic (exact) mass is 423 g/mol. The first-order valence-electron chi connectivity index (χ1n) is 8.94. The number of aromatic nitrogens is 1. The fourth-order valence-corrected chi connectivity index (χ4v) is 3.19. The largest absolute Gasteiger partial charge is 0.478 e. The Morgan fingerprint density at radius 2 is 1.81 bits per heavy atom. The summed E-state index contributed by atoms with van der Waals surface area (Å²) >= 11 is 0. The Morgan fingerprint density at radius 3 is 2.45 bits per heavy atom. The summed E-state index contributed by atoms with van der Waals surface area (Å²) in [4.78, 5) is 32.2. The lowest BCUT2D eigenvalue weighted by atomic mass is 10.1. The molecule has 0 fully saturated rings. The van der Waals surface area contributed by atoms with Crippen LogP contribution < -0.4 is 5.43 Å². The average molecular weight is 423 g/mol. The van der Waals surface area contributed by atoms with Gasteiger partial charge < -0.3 is 9.67 Å². The molecule has 31 heavy (non-hydrogen) atoms. The highest BCUT2D eigenvalue weighted by atomic mass is 16.6. The third-order valence-corrected chi connectivity index (χ3v) is 4.62. The van der Waals surface area contributed by atoms with Crippen LogP contribution in [0.2, 0.25) is 0 Å². The summed E-state index contributed by atoms with van der Waals surface area (Å²) in [5, 5.41) is 35.5. The summed E-state index contributed by atoms with van der Waals surface area (Å²) < 4.78 is 1.78. The van der Waals surface area contributed by atoms with Gasteiger partial charge in [-0.15, -0.1) is 0 Å². The number of aryl methyl sites for hydroxylation is 1. The highest BCUT2D eigenvalue weighted by Gasteiger charge is 2.19. The van der Waals surface area contributed by atoms with E-state index >= 15 is 0 Å². The molecule has 3 rings (SSSR count). The Bertz CT molecular complexity index is 1230. The molecule has 11 heteroatoms. The van der Waals surface area contributed by atoms with Crippen LogP contribution in [0.1, 0.15) is 27.3 Å². The van der Waals surface area contributed by atoms with Gasteiger partial charge in [0.1, 0.15) is 5.69 Å². The number of carbonyl (C=O) groups is 1. The second kappa shape index (κ2) is 8.45. The molecule has 158 valence electrons. The number of non-ortho nitro benzene ring substituents is 1. The number of nitrogens with one attached hydrogen (secondary N) is 1. The first-order chi connectivity index (χ1) is 14.7. The minimum absolute atomic E-state index is 0.00289. The summed E-state index contributed by atoms with van der Waals surface area (Å²) in [5.74, 6) is -1.05. The predicted octanol–water partition coefficient (Wildman–Crippen LogP) is 4.05. The van der Waals surface area contributed by atoms with E-state index in [9.17, 15) is 30.1 Å². The first-order valence-corrected chi connectivity index (χ1v) is 8.94. The molecule has 0 aliphatic rings. The van der Waals surface area contributed by atoms with Gasteiger partial charge >= 0.3 is 11.7 Å². The molecule has 0 unspecified atom stereocenters. The number of aromatic carboxylic acids is 1. The SMILES string of the molecule is Cc1cc(/C=N\Nc2ccc([N+](=O)[O-])cc2[N+](=O)[O-])c(C)n1-c1ccccc1C(=O)O. The molecule has 0 radical (unpaired) electrons. The van der Waals surface area contributed by atoms with Gasteiger partial charge in [0, 0.05) is 23.0 Å². The van der Waals surface area contributed by atoms with Crippen molar-refractivity contribution < 1.29 is 19.7 Å². The average Bonchev–Trinajstić information content (AvgIpc) is 3.00. The number of benzene rings is 2. The van der Waals surface area contributed by atoms with Crippen LogP contribution in [-0.2, 0) is 0 Å². The number of nitro groups is 2. The van der Waals surface area contributed by atoms with Gasteiger partial charge in [0.25, 0.3) is 5.69 Å². The quantitative estimate of drug-likeness (QED) is 0.330. The molecule has 0 atom stereocenters. The van der Waals surface area contributed by atoms with Crippen LogP contribution in [0.15, 0.2) is 53.6 Å². The van der Waals surface area contributed by atoms with Crippen molar-refractivity contribution in [3.8, 4) is 5.69 Å². The molecule has 0 aliphatic carbocycles. The maximum atomic E-state index is 11.6. The lowest BCUT2D eigenvalue weighted by molar-refractivity contribution is -0.393. The minimum Gasteiger partial charge on any atom is -0.478 e. The van der Waals surface area contributed by atoms with Crippen LogP contribution >= 0.6 is 0 Å². The van der Waals surface area contributed by atoms with E-state index in [-0.39, 0.29) is 11.3 Å². The topological polar surface area (TPSA) is 153 Å². The number of carboxylic acids is 1. The Kier molecular flexibility index (Phi) is 5.77. The van der Waals surface area contributed by atoms with Crippen LogP contribution in [0.5, 0.6) is 0 Å². The molecule has 0 spiro atoms. The zero-order valence-electron chi connectivity index (χ0n) is 16.5. The van der Waals surface area contributed by atoms with Crippen molar-refractivity contribution in [2.75, 3.05) is 5.43 Å². The van der Waals surface area contributed by atoms with Crippen molar-refractivity contribution in [2.45, 2.75) is 13.8 Å². The summed E-state index contributed by atoms with van der Waals surface area (Å²) in [6, 6.07) is 11.6. The summed E-state index contributed by atoms with van der Waals surface area (Å²) in [7, 11) is 0. The van der Waals surface area contributed by atoms with Gasteiger partial charge in [0.15, 0.2) is 0 Å². The zero-order chi connectivity index (χ0) is 22.7. The van der Waals surface area contributed by atoms with E-state index in [2.05, 4.69) is 10.5 Å². The van der Waals surface area contributed by atoms with E-state index in [0.717, 1.165) is 23.5 Å². The Morgan fingerprint density at radius 1 is 1.10 bits per heavy atom. The molecule has 11 nitrogen and oxygen atoms in total. The van der Waals surface area contributed by atoms with Crippen LogP contribution in [0, 0.1) is 34.1 Å². The number of rotatable bonds is 7. The summed E-state index contributed by atoms with van der Waals surface area (Å²) in [5.41, 5.74) is 4.45. The van der Waals surface area contributed by atoms with Crippen LogP contribution in [0.3, 0.4) is 0 Å². The van der Waals surface area contributed by atoms with Crippen molar-refractivity contribution in [1.29, 1.82) is 0 Å². The Hall–Kier alpha value is -4.54. The van der Waals surface area contributed by atoms with Gasteiger partial charge in [-0.05, 0) is 38.1 Å².